The number of nitrogens with one attached hydrogen (secondary N) is 1. The first-order valence-electron chi connectivity index (χ1n) is 7.95. The predicted molar refractivity (Wildman–Crippen MR) is 86.6 cm³/mol. The maximum absolute atomic E-state index is 9.83. The van der Waals surface area contributed by atoms with E-state index in [2.05, 4.69) is 48.3 Å². The minimum atomic E-state index is -0.252. The molecule has 1 aromatic carbocycles. The van der Waals surface area contributed by atoms with Crippen molar-refractivity contribution in [3.8, 4) is 0 Å². The molecule has 0 bridgehead atoms. The molecule has 4 nitrogen and oxygen atoms in total. The second kappa shape index (κ2) is 8.37. The number of hydrogen-bond donors (Lipinski definition) is 2. The monoisotopic (exact) mass is 292 g/mol. The van der Waals surface area contributed by atoms with Gasteiger partial charge in [0.15, 0.2) is 0 Å². The summed E-state index contributed by atoms with van der Waals surface area (Å²) in [5, 5.41) is 13.2. The van der Waals surface area contributed by atoms with Gasteiger partial charge in [0.1, 0.15) is 0 Å². The molecule has 0 saturated carbocycles. The lowest BCUT2D eigenvalue weighted by Crippen LogP contribution is -2.36. The van der Waals surface area contributed by atoms with Crippen LogP contribution in [0.15, 0.2) is 24.3 Å². The molecular formula is C17H28N2O2. The van der Waals surface area contributed by atoms with E-state index in [4.69, 9.17) is 4.74 Å². The van der Waals surface area contributed by atoms with Crippen LogP contribution in [0.4, 0.5) is 5.69 Å². The summed E-state index contributed by atoms with van der Waals surface area (Å²) in [5.41, 5.74) is 2.52. The van der Waals surface area contributed by atoms with E-state index in [1.54, 1.807) is 0 Å². The number of benzene rings is 1. The highest BCUT2D eigenvalue weighted by Gasteiger charge is 2.11. The Hall–Kier alpha value is -1.10. The van der Waals surface area contributed by atoms with Gasteiger partial charge in [-0.05, 0) is 30.0 Å². The van der Waals surface area contributed by atoms with E-state index in [9.17, 15) is 5.11 Å². The quantitative estimate of drug-likeness (QED) is 0.807. The van der Waals surface area contributed by atoms with Crippen molar-refractivity contribution in [2.45, 2.75) is 32.9 Å². The molecule has 1 saturated heterocycles. The van der Waals surface area contributed by atoms with E-state index in [1.807, 2.05) is 0 Å². The van der Waals surface area contributed by atoms with Crippen LogP contribution in [-0.4, -0.2) is 44.1 Å². The van der Waals surface area contributed by atoms with Crippen molar-refractivity contribution in [2.24, 2.45) is 5.92 Å². The molecule has 1 aromatic rings. The number of anilines is 1. The number of aliphatic hydroxyl groups is 1. The maximum Gasteiger partial charge on any atom is 0.0667 e. The number of nitrogens with zero attached hydrogens (tertiary/aromatic N) is 1. The molecule has 0 spiro atoms. The van der Waals surface area contributed by atoms with Gasteiger partial charge in [-0.1, -0.05) is 26.0 Å². The highest BCUT2D eigenvalue weighted by molar-refractivity contribution is 5.47. The summed E-state index contributed by atoms with van der Waals surface area (Å²) in [6.07, 6.45) is 0.598. The second-order valence-corrected chi connectivity index (χ2v) is 6.18. The molecule has 1 unspecified atom stereocenters. The molecule has 2 rings (SSSR count). The predicted octanol–water partition coefficient (Wildman–Crippen LogP) is 2.02. The highest BCUT2D eigenvalue weighted by Crippen LogP contribution is 2.16. The van der Waals surface area contributed by atoms with Gasteiger partial charge in [0.2, 0.25) is 0 Å². The van der Waals surface area contributed by atoms with Gasteiger partial charge in [-0.25, -0.2) is 0 Å². The lowest BCUT2D eigenvalue weighted by atomic mass is 10.1. The van der Waals surface area contributed by atoms with E-state index < -0.39 is 0 Å². The van der Waals surface area contributed by atoms with Crippen LogP contribution in [0, 0.1) is 5.92 Å². The smallest absolute Gasteiger partial charge is 0.0667 e. The van der Waals surface area contributed by atoms with E-state index in [1.165, 1.54) is 11.3 Å². The van der Waals surface area contributed by atoms with E-state index >= 15 is 0 Å². The lowest BCUT2D eigenvalue weighted by Gasteiger charge is -2.28. The van der Waals surface area contributed by atoms with Crippen molar-refractivity contribution in [3.63, 3.8) is 0 Å². The molecule has 21 heavy (non-hydrogen) atoms. The summed E-state index contributed by atoms with van der Waals surface area (Å²) < 4.78 is 5.37. The van der Waals surface area contributed by atoms with Gasteiger partial charge in [-0.15, -0.1) is 0 Å². The van der Waals surface area contributed by atoms with Crippen molar-refractivity contribution in [3.05, 3.63) is 29.8 Å². The largest absolute Gasteiger partial charge is 0.392 e. The summed E-state index contributed by atoms with van der Waals surface area (Å²) in [7, 11) is 0. The number of rotatable bonds is 7. The Bertz CT molecular complexity index is 400. The van der Waals surface area contributed by atoms with Crippen LogP contribution in [-0.2, 0) is 11.3 Å². The topological polar surface area (TPSA) is 44.7 Å². The van der Waals surface area contributed by atoms with Gasteiger partial charge in [0, 0.05) is 31.9 Å². The van der Waals surface area contributed by atoms with Crippen molar-refractivity contribution in [1.82, 2.24) is 5.32 Å². The normalized spacial score (nSPS) is 17.2. The van der Waals surface area contributed by atoms with Crippen LogP contribution in [0.2, 0.25) is 0 Å². The summed E-state index contributed by atoms with van der Waals surface area (Å²) in [6.45, 7) is 9.30. The Labute approximate surface area is 128 Å². The van der Waals surface area contributed by atoms with Gasteiger partial charge >= 0.3 is 0 Å². The molecule has 1 atom stereocenters. The third-order valence-electron chi connectivity index (χ3n) is 3.77. The highest BCUT2D eigenvalue weighted by atomic mass is 16.5. The third kappa shape index (κ3) is 5.65. The van der Waals surface area contributed by atoms with Crippen molar-refractivity contribution >= 4 is 5.69 Å². The van der Waals surface area contributed by atoms with Crippen LogP contribution in [0.5, 0.6) is 0 Å². The average molecular weight is 292 g/mol. The second-order valence-electron chi connectivity index (χ2n) is 6.18. The molecule has 1 aliphatic heterocycles. The number of aliphatic hydroxyl groups excluding tert-OH is 1. The van der Waals surface area contributed by atoms with Crippen molar-refractivity contribution < 1.29 is 9.84 Å². The van der Waals surface area contributed by atoms with Crippen LogP contribution in [0.25, 0.3) is 0 Å². The fourth-order valence-electron chi connectivity index (χ4n) is 2.66. The van der Waals surface area contributed by atoms with Crippen LogP contribution < -0.4 is 10.2 Å². The molecule has 1 heterocycles. The SMILES string of the molecule is CC(C)CC(O)CNCc1ccc(N2CCOCC2)cc1. The number of morpholine rings is 1. The van der Waals surface area contributed by atoms with Crippen molar-refractivity contribution in [1.29, 1.82) is 0 Å². The molecule has 2 N–H and O–H groups in total. The van der Waals surface area contributed by atoms with Crippen LogP contribution >= 0.6 is 0 Å². The van der Waals surface area contributed by atoms with Gasteiger partial charge in [0.05, 0.1) is 19.3 Å². The molecule has 0 amide bonds. The Balaban J connectivity index is 1.74. The Morgan fingerprint density at radius 3 is 2.48 bits per heavy atom. The molecule has 4 heteroatoms. The molecule has 0 aromatic heterocycles. The fraction of sp³-hybridized carbons (Fsp3) is 0.647. The Kier molecular flexibility index (Phi) is 6.49. The van der Waals surface area contributed by atoms with Gasteiger partial charge in [0.25, 0.3) is 0 Å². The summed E-state index contributed by atoms with van der Waals surface area (Å²) in [4.78, 5) is 2.35. The lowest BCUT2D eigenvalue weighted by molar-refractivity contribution is 0.122. The number of ether oxygens (including phenoxy) is 1. The summed E-state index contributed by atoms with van der Waals surface area (Å²) in [6, 6.07) is 8.67. The molecular weight excluding hydrogens is 264 g/mol. The summed E-state index contributed by atoms with van der Waals surface area (Å²) >= 11 is 0. The summed E-state index contributed by atoms with van der Waals surface area (Å²) in [5.74, 6) is 0.537. The maximum atomic E-state index is 9.83. The average Bonchev–Trinajstić information content (AvgIpc) is 2.48. The standard InChI is InChI=1S/C17H28N2O2/c1-14(2)11-17(20)13-18-12-15-3-5-16(6-4-15)19-7-9-21-10-8-19/h3-6,14,17-18,20H,7-13H2,1-2H3. The Morgan fingerprint density at radius 2 is 1.86 bits per heavy atom. The zero-order valence-electron chi connectivity index (χ0n) is 13.2. The van der Waals surface area contributed by atoms with E-state index in [0.717, 1.165) is 39.3 Å². The first kappa shape index (κ1) is 16.3. The molecule has 118 valence electrons. The number of hydrogen-bond acceptors (Lipinski definition) is 4. The molecule has 0 radical (unpaired) electrons. The van der Waals surface area contributed by atoms with Crippen LogP contribution in [0.3, 0.4) is 0 Å². The molecule has 1 aliphatic rings. The van der Waals surface area contributed by atoms with Gasteiger partial charge in [-0.3, -0.25) is 0 Å². The van der Waals surface area contributed by atoms with Gasteiger partial charge < -0.3 is 20.1 Å². The van der Waals surface area contributed by atoms with E-state index in [0.29, 0.717) is 12.5 Å². The first-order valence-corrected chi connectivity index (χ1v) is 7.95. The zero-order chi connectivity index (χ0) is 15.1. The van der Waals surface area contributed by atoms with Crippen molar-refractivity contribution in [2.75, 3.05) is 37.7 Å². The zero-order valence-corrected chi connectivity index (χ0v) is 13.2. The third-order valence-corrected chi connectivity index (χ3v) is 3.77. The minimum absolute atomic E-state index is 0.252. The molecule has 1 fully saturated rings. The fourth-order valence-corrected chi connectivity index (χ4v) is 2.66. The van der Waals surface area contributed by atoms with E-state index in [-0.39, 0.29) is 6.10 Å². The minimum Gasteiger partial charge on any atom is -0.392 e. The van der Waals surface area contributed by atoms with Crippen LogP contribution in [0.1, 0.15) is 25.8 Å². The molecule has 0 aliphatic carbocycles. The first-order chi connectivity index (χ1) is 10.1. The van der Waals surface area contributed by atoms with Gasteiger partial charge in [-0.2, -0.15) is 0 Å². The Morgan fingerprint density at radius 1 is 1.19 bits per heavy atom.